The van der Waals surface area contributed by atoms with Gasteiger partial charge in [0.25, 0.3) is 5.91 Å². The van der Waals surface area contributed by atoms with Crippen molar-refractivity contribution in [1.29, 1.82) is 0 Å². The van der Waals surface area contributed by atoms with E-state index in [4.69, 9.17) is 0 Å². The number of thioether (sulfide) groups is 1. The summed E-state index contributed by atoms with van der Waals surface area (Å²) in [4.78, 5) is 56.4. The number of carbonyl (C=O) groups is 4. The van der Waals surface area contributed by atoms with Gasteiger partial charge in [-0.15, -0.1) is 11.8 Å². The molecule has 1 aromatic carbocycles. The van der Waals surface area contributed by atoms with Crippen molar-refractivity contribution in [1.82, 2.24) is 15.1 Å². The number of nitrogens with one attached hydrogen (secondary N) is 1. The number of piperazine rings is 1. The smallest absolute Gasteiger partial charge is 0.254 e. The van der Waals surface area contributed by atoms with E-state index in [9.17, 15) is 19.2 Å². The molecule has 5 rings (SSSR count). The van der Waals surface area contributed by atoms with Crippen LogP contribution in [-0.2, 0) is 9.59 Å². The lowest BCUT2D eigenvalue weighted by Gasteiger charge is -2.41. The van der Waals surface area contributed by atoms with E-state index in [1.807, 2.05) is 0 Å². The molecule has 1 aromatic rings. The number of ketones is 2. The highest BCUT2D eigenvalue weighted by Gasteiger charge is 2.58. The highest BCUT2D eigenvalue weighted by Crippen LogP contribution is 2.46. The van der Waals surface area contributed by atoms with Crippen molar-refractivity contribution in [3.05, 3.63) is 45.9 Å². The molecular formula is C21H21N3O4S. The number of allylic oxidation sites excluding steroid dienone is 1. The van der Waals surface area contributed by atoms with Crippen LogP contribution in [0.5, 0.6) is 0 Å². The molecule has 29 heavy (non-hydrogen) atoms. The molecule has 3 aliphatic heterocycles. The number of benzene rings is 1. The zero-order valence-electron chi connectivity index (χ0n) is 15.9. The van der Waals surface area contributed by atoms with Crippen LogP contribution in [0.2, 0.25) is 0 Å². The molecule has 1 spiro atoms. The maximum absolute atomic E-state index is 13.5. The first-order chi connectivity index (χ1) is 14.0. The quantitative estimate of drug-likeness (QED) is 0.794. The minimum Gasteiger partial charge on any atom is -0.336 e. The van der Waals surface area contributed by atoms with E-state index in [1.54, 1.807) is 29.2 Å². The zero-order valence-corrected chi connectivity index (χ0v) is 16.7. The Morgan fingerprint density at radius 1 is 0.966 bits per heavy atom. The number of nitrogens with zero attached hydrogens (tertiary/aromatic N) is 2. The first-order valence-electron chi connectivity index (χ1n) is 9.90. The van der Waals surface area contributed by atoms with Gasteiger partial charge in [-0.25, -0.2) is 0 Å². The second-order valence-electron chi connectivity index (χ2n) is 7.93. The fraction of sp³-hybridized carbons (Fsp3) is 0.429. The van der Waals surface area contributed by atoms with Crippen LogP contribution in [0, 0.1) is 0 Å². The van der Waals surface area contributed by atoms with Gasteiger partial charge in [0.1, 0.15) is 0 Å². The predicted molar refractivity (Wildman–Crippen MR) is 108 cm³/mol. The van der Waals surface area contributed by atoms with E-state index in [2.05, 4.69) is 10.2 Å². The third-order valence-corrected chi connectivity index (χ3v) is 7.42. The lowest BCUT2D eigenvalue weighted by molar-refractivity contribution is -0.147. The van der Waals surface area contributed by atoms with Gasteiger partial charge in [-0.3, -0.25) is 19.2 Å². The van der Waals surface area contributed by atoms with Crippen molar-refractivity contribution < 1.29 is 19.2 Å². The van der Waals surface area contributed by atoms with Gasteiger partial charge in [0.15, 0.2) is 11.3 Å². The summed E-state index contributed by atoms with van der Waals surface area (Å²) in [6.07, 6.45) is 2.31. The first kappa shape index (κ1) is 18.6. The summed E-state index contributed by atoms with van der Waals surface area (Å²) in [5.41, 5.74) is -0.633. The number of carbonyl (C=O) groups excluding carboxylic acids is 4. The number of fused-ring (bicyclic) bond motifs is 2. The highest BCUT2D eigenvalue weighted by atomic mass is 32.2. The van der Waals surface area contributed by atoms with Gasteiger partial charge in [0, 0.05) is 30.0 Å². The SMILES string of the molecule is O=C1CN(CCN2CCCC2)C(=O)[C@@]2(CSC3=C2C(=O)c2ccccc2C3=O)N1. The number of amides is 2. The minimum absolute atomic E-state index is 0.0135. The van der Waals surface area contributed by atoms with Crippen molar-refractivity contribution >= 4 is 35.1 Å². The number of hydrogen-bond donors (Lipinski definition) is 1. The summed E-state index contributed by atoms with van der Waals surface area (Å²) in [5.74, 6) is -0.981. The highest BCUT2D eigenvalue weighted by molar-refractivity contribution is 8.04. The molecule has 2 amide bonds. The topological polar surface area (TPSA) is 86.8 Å². The van der Waals surface area contributed by atoms with Crippen LogP contribution in [0.25, 0.3) is 0 Å². The third-order valence-electron chi connectivity index (χ3n) is 6.16. The molecule has 3 heterocycles. The van der Waals surface area contributed by atoms with Crippen LogP contribution < -0.4 is 5.32 Å². The van der Waals surface area contributed by atoms with Gasteiger partial charge in [-0.2, -0.15) is 0 Å². The third kappa shape index (κ3) is 2.77. The van der Waals surface area contributed by atoms with Gasteiger partial charge < -0.3 is 15.1 Å². The minimum atomic E-state index is -1.44. The Bertz CT molecular complexity index is 982. The number of Topliss-reactive ketones (excluding diaryl/α,β-unsaturated/α-hetero) is 2. The molecule has 1 atom stereocenters. The Kier molecular flexibility index (Phi) is 4.36. The molecule has 4 aliphatic rings. The van der Waals surface area contributed by atoms with Crippen molar-refractivity contribution in [2.45, 2.75) is 18.4 Å². The molecule has 2 saturated heterocycles. The molecule has 1 aliphatic carbocycles. The van der Waals surface area contributed by atoms with Crippen LogP contribution in [0.1, 0.15) is 33.6 Å². The average molecular weight is 411 g/mol. The van der Waals surface area contributed by atoms with Crippen LogP contribution >= 0.6 is 11.8 Å². The molecule has 150 valence electrons. The second kappa shape index (κ2) is 6.81. The Morgan fingerprint density at radius 2 is 1.66 bits per heavy atom. The van der Waals surface area contributed by atoms with E-state index in [0.717, 1.165) is 25.9 Å². The molecule has 0 radical (unpaired) electrons. The molecule has 0 aromatic heterocycles. The van der Waals surface area contributed by atoms with Crippen molar-refractivity contribution in [2.75, 3.05) is 38.5 Å². The van der Waals surface area contributed by atoms with Gasteiger partial charge in [0.05, 0.1) is 17.0 Å². The van der Waals surface area contributed by atoms with E-state index < -0.39 is 5.54 Å². The van der Waals surface area contributed by atoms with Gasteiger partial charge in [-0.1, -0.05) is 24.3 Å². The monoisotopic (exact) mass is 411 g/mol. The lowest BCUT2D eigenvalue weighted by atomic mass is 9.78. The van der Waals surface area contributed by atoms with Crippen LogP contribution in [0.15, 0.2) is 34.7 Å². The van der Waals surface area contributed by atoms with Crippen molar-refractivity contribution in [3.8, 4) is 0 Å². The summed E-state index contributed by atoms with van der Waals surface area (Å²) < 4.78 is 0. The first-order valence-corrected chi connectivity index (χ1v) is 10.9. The Hall–Kier alpha value is -2.45. The Balaban J connectivity index is 1.49. The second-order valence-corrected chi connectivity index (χ2v) is 8.91. The van der Waals surface area contributed by atoms with Crippen LogP contribution in [0.4, 0.5) is 0 Å². The fourth-order valence-corrected chi connectivity index (χ4v) is 6.05. The standard InChI is InChI=1S/C21H21N3O4S/c25-15-11-24(10-9-23-7-3-4-8-23)20(28)21(22-15)12-29-19-16(21)17(26)13-5-1-2-6-14(13)18(19)27/h1-2,5-6H,3-4,7-12H2,(H,22,25)/t21-/m0/s1. The summed E-state index contributed by atoms with van der Waals surface area (Å²) in [5, 5.41) is 2.78. The molecule has 0 saturated carbocycles. The molecule has 8 heteroatoms. The van der Waals surface area contributed by atoms with Gasteiger partial charge in [0.2, 0.25) is 11.7 Å². The number of hydrogen-bond acceptors (Lipinski definition) is 6. The van der Waals surface area contributed by atoms with E-state index in [0.29, 0.717) is 29.1 Å². The molecule has 0 bridgehead atoms. The predicted octanol–water partition coefficient (Wildman–Crippen LogP) is 0.859. The van der Waals surface area contributed by atoms with Gasteiger partial charge in [-0.05, 0) is 25.9 Å². The molecule has 2 fully saturated rings. The maximum Gasteiger partial charge on any atom is 0.254 e. The summed E-state index contributed by atoms with van der Waals surface area (Å²) in [6, 6.07) is 6.66. The fourth-order valence-electron chi connectivity index (χ4n) is 4.69. The van der Waals surface area contributed by atoms with E-state index in [-0.39, 0.29) is 41.3 Å². The zero-order chi connectivity index (χ0) is 20.2. The van der Waals surface area contributed by atoms with E-state index >= 15 is 0 Å². The van der Waals surface area contributed by atoms with E-state index in [1.165, 1.54) is 11.8 Å². The summed E-state index contributed by atoms with van der Waals surface area (Å²) in [6.45, 7) is 3.16. The summed E-state index contributed by atoms with van der Waals surface area (Å²) in [7, 11) is 0. The van der Waals surface area contributed by atoms with Crippen LogP contribution in [0.3, 0.4) is 0 Å². The number of rotatable bonds is 3. The maximum atomic E-state index is 13.5. The van der Waals surface area contributed by atoms with Crippen molar-refractivity contribution in [3.63, 3.8) is 0 Å². The van der Waals surface area contributed by atoms with Crippen LogP contribution in [-0.4, -0.2) is 77.2 Å². The molecule has 0 unspecified atom stereocenters. The van der Waals surface area contributed by atoms with Gasteiger partial charge >= 0.3 is 0 Å². The average Bonchev–Trinajstić information content (AvgIpc) is 3.37. The normalized spacial score (nSPS) is 27.0. The van der Waals surface area contributed by atoms with Crippen molar-refractivity contribution in [2.24, 2.45) is 0 Å². The largest absolute Gasteiger partial charge is 0.336 e. The Labute approximate surface area is 172 Å². The lowest BCUT2D eigenvalue weighted by Crippen LogP contribution is -2.69. The molecular weight excluding hydrogens is 390 g/mol. The number of likely N-dealkylation sites (tertiary alicyclic amines) is 1. The Morgan fingerprint density at radius 3 is 2.38 bits per heavy atom. The molecule has 1 N–H and O–H groups in total. The summed E-state index contributed by atoms with van der Waals surface area (Å²) >= 11 is 1.19. The molecule has 7 nitrogen and oxygen atoms in total.